The molecule has 3 nitrogen and oxygen atoms in total. The Labute approximate surface area is 118 Å². The monoisotopic (exact) mass is 278 g/mol. The van der Waals surface area contributed by atoms with Crippen LogP contribution in [-0.4, -0.2) is 14.9 Å². The van der Waals surface area contributed by atoms with Crippen molar-refractivity contribution in [2.24, 2.45) is 7.05 Å². The van der Waals surface area contributed by atoms with Gasteiger partial charge in [-0.1, -0.05) is 23.7 Å². The zero-order valence-electron chi connectivity index (χ0n) is 11.5. The summed E-state index contributed by atoms with van der Waals surface area (Å²) in [5.41, 5.74) is 4.30. The molecule has 0 radical (unpaired) electrons. The quantitative estimate of drug-likeness (QED) is 0.931. The van der Waals surface area contributed by atoms with Crippen molar-refractivity contribution < 1.29 is 5.11 Å². The van der Waals surface area contributed by atoms with E-state index in [4.69, 9.17) is 11.6 Å². The lowest BCUT2D eigenvalue weighted by Gasteiger charge is -2.11. The van der Waals surface area contributed by atoms with Crippen LogP contribution in [0, 0.1) is 13.8 Å². The molecule has 0 aliphatic rings. The fourth-order valence-electron chi connectivity index (χ4n) is 2.34. The molecule has 2 aromatic rings. The van der Waals surface area contributed by atoms with Crippen molar-refractivity contribution in [3.63, 3.8) is 0 Å². The van der Waals surface area contributed by atoms with Gasteiger partial charge in [-0.2, -0.15) is 5.10 Å². The lowest BCUT2D eigenvalue weighted by Crippen LogP contribution is -2.01. The van der Waals surface area contributed by atoms with Crippen molar-refractivity contribution in [2.75, 3.05) is 0 Å². The summed E-state index contributed by atoms with van der Waals surface area (Å²) in [4.78, 5) is 0. The molecule has 0 amide bonds. The maximum atomic E-state index is 10.2. The van der Waals surface area contributed by atoms with E-state index in [1.54, 1.807) is 0 Å². The molecule has 0 saturated heterocycles. The summed E-state index contributed by atoms with van der Waals surface area (Å²) in [6.45, 7) is 4.06. The molecule has 102 valence electrons. The van der Waals surface area contributed by atoms with Gasteiger partial charge in [0.1, 0.15) is 0 Å². The molecule has 19 heavy (non-hydrogen) atoms. The summed E-state index contributed by atoms with van der Waals surface area (Å²) in [6.07, 6.45) is 1.00. The first-order chi connectivity index (χ1) is 8.99. The van der Waals surface area contributed by atoms with Crippen molar-refractivity contribution in [3.8, 4) is 0 Å². The van der Waals surface area contributed by atoms with Gasteiger partial charge < -0.3 is 5.11 Å². The van der Waals surface area contributed by atoms with Crippen LogP contribution in [0.3, 0.4) is 0 Å². The van der Waals surface area contributed by atoms with E-state index in [0.717, 1.165) is 23.4 Å². The third-order valence-corrected chi connectivity index (χ3v) is 3.80. The van der Waals surface area contributed by atoms with Crippen LogP contribution >= 0.6 is 11.6 Å². The third-order valence-electron chi connectivity index (χ3n) is 3.56. The van der Waals surface area contributed by atoms with Crippen LogP contribution in [0.5, 0.6) is 0 Å². The molecule has 0 spiro atoms. The summed E-state index contributed by atoms with van der Waals surface area (Å²) in [5, 5.41) is 15.3. The summed E-state index contributed by atoms with van der Waals surface area (Å²) in [7, 11) is 1.94. The van der Waals surface area contributed by atoms with Crippen LogP contribution in [0.2, 0.25) is 5.02 Å². The highest BCUT2D eigenvalue weighted by atomic mass is 35.5. The average Bonchev–Trinajstić information content (AvgIpc) is 2.61. The molecular formula is C15H19ClN2O. The second-order valence-corrected chi connectivity index (χ2v) is 5.32. The van der Waals surface area contributed by atoms with Crippen molar-refractivity contribution >= 4 is 11.6 Å². The minimum Gasteiger partial charge on any atom is -0.388 e. The highest BCUT2D eigenvalue weighted by Gasteiger charge is 2.13. The largest absolute Gasteiger partial charge is 0.388 e. The number of benzene rings is 1. The van der Waals surface area contributed by atoms with Gasteiger partial charge >= 0.3 is 0 Å². The third kappa shape index (κ3) is 3.17. The summed E-state index contributed by atoms with van der Waals surface area (Å²) >= 11 is 5.94. The van der Waals surface area contributed by atoms with E-state index in [1.807, 2.05) is 42.9 Å². The van der Waals surface area contributed by atoms with Crippen molar-refractivity contribution in [3.05, 3.63) is 51.8 Å². The Balaban J connectivity index is 2.06. The molecule has 0 saturated carbocycles. The van der Waals surface area contributed by atoms with Crippen molar-refractivity contribution in [2.45, 2.75) is 32.8 Å². The van der Waals surface area contributed by atoms with Crippen LogP contribution < -0.4 is 0 Å². The number of hydrogen-bond donors (Lipinski definition) is 1. The van der Waals surface area contributed by atoms with E-state index in [0.29, 0.717) is 11.4 Å². The minimum atomic E-state index is -0.488. The topological polar surface area (TPSA) is 38.0 Å². The van der Waals surface area contributed by atoms with Gasteiger partial charge in [0.2, 0.25) is 0 Å². The van der Waals surface area contributed by atoms with Crippen molar-refractivity contribution in [1.82, 2.24) is 9.78 Å². The molecule has 0 fully saturated rings. The Morgan fingerprint density at radius 1 is 1.37 bits per heavy atom. The Kier molecular flexibility index (Phi) is 4.27. The predicted molar refractivity (Wildman–Crippen MR) is 77.4 cm³/mol. The number of halogens is 1. The maximum absolute atomic E-state index is 10.2. The van der Waals surface area contributed by atoms with E-state index in [-0.39, 0.29) is 0 Å². The highest BCUT2D eigenvalue weighted by Crippen LogP contribution is 2.23. The standard InChI is InChI=1S/C15H19ClN2O/c1-10-14(11(2)18(3)17-10)7-8-15(19)12-5-4-6-13(16)9-12/h4-6,9,15,19H,7-8H2,1-3H3. The minimum absolute atomic E-state index is 0.488. The first-order valence-corrected chi connectivity index (χ1v) is 6.79. The Bertz CT molecular complexity index is 578. The van der Waals surface area contributed by atoms with E-state index >= 15 is 0 Å². The predicted octanol–water partition coefficient (Wildman–Crippen LogP) is 3.36. The highest BCUT2D eigenvalue weighted by molar-refractivity contribution is 6.30. The number of aliphatic hydroxyl groups is 1. The molecule has 1 aromatic carbocycles. The molecule has 2 rings (SSSR count). The number of nitrogens with zero attached hydrogens (tertiary/aromatic N) is 2. The van der Waals surface area contributed by atoms with E-state index < -0.39 is 6.10 Å². The molecule has 1 N–H and O–H groups in total. The molecule has 0 aliphatic carbocycles. The molecule has 1 heterocycles. The first kappa shape index (κ1) is 14.1. The zero-order valence-corrected chi connectivity index (χ0v) is 12.3. The number of hydrogen-bond acceptors (Lipinski definition) is 2. The summed E-state index contributed by atoms with van der Waals surface area (Å²) < 4.78 is 1.89. The smallest absolute Gasteiger partial charge is 0.0793 e. The fourth-order valence-corrected chi connectivity index (χ4v) is 2.54. The van der Waals surface area contributed by atoms with Crippen LogP contribution in [0.15, 0.2) is 24.3 Å². The van der Waals surface area contributed by atoms with Gasteiger partial charge in [0.05, 0.1) is 11.8 Å². The van der Waals surface area contributed by atoms with E-state index in [9.17, 15) is 5.11 Å². The molecule has 0 aliphatic heterocycles. The van der Waals surface area contributed by atoms with Gasteiger partial charge in [-0.3, -0.25) is 4.68 Å². The number of rotatable bonds is 4. The molecular weight excluding hydrogens is 260 g/mol. The molecule has 4 heteroatoms. The summed E-state index contributed by atoms with van der Waals surface area (Å²) in [5.74, 6) is 0. The zero-order chi connectivity index (χ0) is 14.0. The normalized spacial score (nSPS) is 12.7. The van der Waals surface area contributed by atoms with E-state index in [1.165, 1.54) is 5.56 Å². The Hall–Kier alpha value is -1.32. The van der Waals surface area contributed by atoms with Crippen LogP contribution in [0.4, 0.5) is 0 Å². The van der Waals surface area contributed by atoms with Crippen LogP contribution in [0.1, 0.15) is 35.0 Å². The first-order valence-electron chi connectivity index (χ1n) is 6.41. The van der Waals surface area contributed by atoms with Gasteiger partial charge in [-0.15, -0.1) is 0 Å². The SMILES string of the molecule is Cc1nn(C)c(C)c1CCC(O)c1cccc(Cl)c1. The second-order valence-electron chi connectivity index (χ2n) is 4.88. The molecule has 1 unspecified atom stereocenters. The van der Waals surface area contributed by atoms with Gasteiger partial charge in [-0.25, -0.2) is 0 Å². The molecule has 0 bridgehead atoms. The Morgan fingerprint density at radius 2 is 2.11 bits per heavy atom. The lowest BCUT2D eigenvalue weighted by atomic mass is 10.0. The average molecular weight is 279 g/mol. The fraction of sp³-hybridized carbons (Fsp3) is 0.400. The van der Waals surface area contributed by atoms with Gasteiger partial charge in [0, 0.05) is 17.8 Å². The molecule has 1 aromatic heterocycles. The van der Waals surface area contributed by atoms with Gasteiger partial charge in [-0.05, 0) is 49.9 Å². The van der Waals surface area contributed by atoms with Crippen LogP contribution in [-0.2, 0) is 13.5 Å². The van der Waals surface area contributed by atoms with Gasteiger partial charge in [0.25, 0.3) is 0 Å². The van der Waals surface area contributed by atoms with Crippen LogP contribution in [0.25, 0.3) is 0 Å². The number of aliphatic hydroxyl groups excluding tert-OH is 1. The van der Waals surface area contributed by atoms with E-state index in [2.05, 4.69) is 12.0 Å². The number of aromatic nitrogens is 2. The summed E-state index contributed by atoms with van der Waals surface area (Å²) in [6, 6.07) is 7.39. The Morgan fingerprint density at radius 3 is 2.68 bits per heavy atom. The number of aryl methyl sites for hydroxylation is 2. The maximum Gasteiger partial charge on any atom is 0.0793 e. The lowest BCUT2D eigenvalue weighted by molar-refractivity contribution is 0.167. The van der Waals surface area contributed by atoms with Gasteiger partial charge in [0.15, 0.2) is 0 Å². The second kappa shape index (κ2) is 5.76. The van der Waals surface area contributed by atoms with Crippen molar-refractivity contribution in [1.29, 1.82) is 0 Å². The molecule has 1 atom stereocenters.